The van der Waals surface area contributed by atoms with Gasteiger partial charge in [0.1, 0.15) is 0 Å². The van der Waals surface area contributed by atoms with Gasteiger partial charge in [0.2, 0.25) is 0 Å². The maximum atomic E-state index is 12.6. The maximum absolute atomic E-state index is 12.6. The fourth-order valence-electron chi connectivity index (χ4n) is 3.95. The van der Waals surface area contributed by atoms with Gasteiger partial charge in [0.25, 0.3) is 11.8 Å². The summed E-state index contributed by atoms with van der Waals surface area (Å²) in [6, 6.07) is 7.84. The van der Waals surface area contributed by atoms with Crippen LogP contribution in [-0.2, 0) is 9.59 Å². The Kier molecular flexibility index (Phi) is 2.99. The summed E-state index contributed by atoms with van der Waals surface area (Å²) in [5, 5.41) is 5.29. The van der Waals surface area contributed by atoms with Gasteiger partial charge in [-0.05, 0) is 37.2 Å². The van der Waals surface area contributed by atoms with E-state index in [1.54, 1.807) is 6.21 Å². The Balaban J connectivity index is 1.60. The highest BCUT2D eigenvalue weighted by Crippen LogP contribution is 2.49. The monoisotopic (exact) mass is 294 g/mol. The third kappa shape index (κ3) is 1.94. The van der Waals surface area contributed by atoms with Crippen LogP contribution in [0, 0.1) is 30.6 Å². The Labute approximate surface area is 129 Å². The predicted molar refractivity (Wildman–Crippen MR) is 83.0 cm³/mol. The summed E-state index contributed by atoms with van der Waals surface area (Å²) in [6.07, 6.45) is 7.86. The Morgan fingerprint density at radius 3 is 2.05 bits per heavy atom. The van der Waals surface area contributed by atoms with E-state index in [9.17, 15) is 9.59 Å². The van der Waals surface area contributed by atoms with Crippen LogP contribution in [0.1, 0.15) is 24.0 Å². The standard InChI is InChI=1S/C18H18N2O2/c1-11-2-4-12(5-3-11)10-19-20-17(21)15-13-6-7-14(9-8-13)16(15)18(20)22/h2-7,10,13-16H,8-9H2,1H3/b19-10-/t13-,14+,15-,16+. The molecule has 4 heteroatoms. The minimum atomic E-state index is -0.189. The first kappa shape index (κ1) is 13.4. The molecule has 4 aliphatic rings. The maximum Gasteiger partial charge on any atom is 0.254 e. The van der Waals surface area contributed by atoms with Gasteiger partial charge in [0.15, 0.2) is 0 Å². The number of carbonyl (C=O) groups is 2. The van der Waals surface area contributed by atoms with Gasteiger partial charge in [-0.3, -0.25) is 9.59 Å². The second-order valence-electron chi connectivity index (χ2n) is 6.49. The zero-order chi connectivity index (χ0) is 15.3. The fourth-order valence-corrected chi connectivity index (χ4v) is 3.95. The van der Waals surface area contributed by atoms with Crippen molar-refractivity contribution in [2.45, 2.75) is 19.8 Å². The molecule has 1 heterocycles. The van der Waals surface area contributed by atoms with Crippen molar-refractivity contribution in [3.63, 3.8) is 0 Å². The first-order valence-corrected chi connectivity index (χ1v) is 7.82. The number of aryl methyl sites for hydroxylation is 1. The number of carbonyl (C=O) groups excluding carboxylic acids is 2. The Morgan fingerprint density at radius 2 is 1.55 bits per heavy atom. The Morgan fingerprint density at radius 1 is 1.00 bits per heavy atom. The van der Waals surface area contributed by atoms with Crippen LogP contribution < -0.4 is 0 Å². The number of imide groups is 1. The Bertz CT molecular complexity index is 658. The topological polar surface area (TPSA) is 49.7 Å². The number of hydrogen-bond donors (Lipinski definition) is 0. The first-order valence-electron chi connectivity index (χ1n) is 7.82. The lowest BCUT2D eigenvalue weighted by molar-refractivity contribution is -0.140. The summed E-state index contributed by atoms with van der Waals surface area (Å²) in [6.45, 7) is 2.02. The van der Waals surface area contributed by atoms with Crippen molar-refractivity contribution in [3.8, 4) is 0 Å². The molecule has 0 unspecified atom stereocenters. The highest BCUT2D eigenvalue weighted by Gasteiger charge is 2.56. The smallest absolute Gasteiger partial charge is 0.254 e. The molecule has 1 aromatic carbocycles. The van der Waals surface area contributed by atoms with Gasteiger partial charge >= 0.3 is 0 Å². The van der Waals surface area contributed by atoms with E-state index in [4.69, 9.17) is 0 Å². The van der Waals surface area contributed by atoms with Gasteiger partial charge in [-0.25, -0.2) is 0 Å². The SMILES string of the molecule is Cc1ccc(/C=N\N2C(=O)[C@@H]3[C@H](C2=O)[C@@H]2C=C[C@H]3CC2)cc1. The van der Waals surface area contributed by atoms with Crippen LogP contribution in [0.3, 0.4) is 0 Å². The summed E-state index contributed by atoms with van der Waals surface area (Å²) in [5.41, 5.74) is 2.06. The van der Waals surface area contributed by atoms with E-state index in [-0.39, 0.29) is 35.5 Å². The van der Waals surface area contributed by atoms with Crippen LogP contribution in [0.4, 0.5) is 0 Å². The van der Waals surface area contributed by atoms with Crippen molar-refractivity contribution in [2.24, 2.45) is 28.8 Å². The Hall–Kier alpha value is -2.23. The fraction of sp³-hybridized carbons (Fsp3) is 0.389. The zero-order valence-electron chi connectivity index (χ0n) is 12.5. The third-order valence-corrected chi connectivity index (χ3v) is 5.14. The molecule has 1 aromatic rings. The van der Waals surface area contributed by atoms with Crippen molar-refractivity contribution >= 4 is 18.0 Å². The summed E-state index contributed by atoms with van der Waals surface area (Å²) >= 11 is 0. The molecule has 0 N–H and O–H groups in total. The van der Waals surface area contributed by atoms with Gasteiger partial charge in [-0.15, -0.1) is 0 Å². The number of nitrogens with zero attached hydrogens (tertiary/aromatic N) is 2. The molecule has 3 aliphatic carbocycles. The van der Waals surface area contributed by atoms with Gasteiger partial charge in [-0.2, -0.15) is 10.1 Å². The molecule has 0 aromatic heterocycles. The lowest BCUT2D eigenvalue weighted by atomic mass is 9.63. The van der Waals surface area contributed by atoms with Crippen LogP contribution in [0.15, 0.2) is 41.5 Å². The van der Waals surface area contributed by atoms with Gasteiger partial charge in [0, 0.05) is 0 Å². The minimum absolute atomic E-state index is 0.127. The van der Waals surface area contributed by atoms with E-state index in [2.05, 4.69) is 17.3 Å². The molecule has 1 aliphatic heterocycles. The van der Waals surface area contributed by atoms with Crippen LogP contribution in [0.25, 0.3) is 0 Å². The van der Waals surface area contributed by atoms with Crippen molar-refractivity contribution < 1.29 is 9.59 Å². The van der Waals surface area contributed by atoms with Crippen molar-refractivity contribution in [3.05, 3.63) is 47.5 Å². The zero-order valence-corrected chi connectivity index (χ0v) is 12.5. The van der Waals surface area contributed by atoms with Crippen molar-refractivity contribution in [1.29, 1.82) is 0 Å². The lowest BCUT2D eigenvalue weighted by Gasteiger charge is -2.37. The summed E-state index contributed by atoms with van der Waals surface area (Å²) in [4.78, 5) is 25.1. The van der Waals surface area contributed by atoms with E-state index < -0.39 is 0 Å². The average Bonchev–Trinajstić information content (AvgIpc) is 2.82. The lowest BCUT2D eigenvalue weighted by Crippen LogP contribution is -2.38. The molecule has 4 nitrogen and oxygen atoms in total. The van der Waals surface area contributed by atoms with Gasteiger partial charge in [-0.1, -0.05) is 42.0 Å². The van der Waals surface area contributed by atoms with E-state index in [0.717, 1.165) is 23.4 Å². The molecule has 4 atom stereocenters. The first-order chi connectivity index (χ1) is 10.6. The minimum Gasteiger partial charge on any atom is -0.272 e. The molecule has 1 saturated heterocycles. The number of benzene rings is 1. The molecule has 0 spiro atoms. The average molecular weight is 294 g/mol. The van der Waals surface area contributed by atoms with E-state index in [0.29, 0.717) is 0 Å². The van der Waals surface area contributed by atoms with Crippen LogP contribution >= 0.6 is 0 Å². The highest BCUT2D eigenvalue weighted by atomic mass is 16.2. The quantitative estimate of drug-likeness (QED) is 0.478. The van der Waals surface area contributed by atoms with E-state index in [1.165, 1.54) is 5.56 Å². The van der Waals surface area contributed by atoms with E-state index in [1.807, 2.05) is 31.2 Å². The second kappa shape index (κ2) is 4.90. The van der Waals surface area contributed by atoms with Crippen molar-refractivity contribution in [1.82, 2.24) is 5.01 Å². The molecule has 0 radical (unpaired) electrons. The number of hydrazone groups is 1. The third-order valence-electron chi connectivity index (χ3n) is 5.14. The normalized spacial score (nSPS) is 33.0. The predicted octanol–water partition coefficient (Wildman–Crippen LogP) is 2.53. The van der Waals surface area contributed by atoms with Crippen LogP contribution in [0.5, 0.6) is 0 Å². The summed E-state index contributed by atoms with van der Waals surface area (Å²) in [5.74, 6) is -0.204. The summed E-state index contributed by atoms with van der Waals surface area (Å²) in [7, 11) is 0. The molecule has 112 valence electrons. The number of allylic oxidation sites excluding steroid dienone is 2. The molecule has 5 rings (SSSR count). The van der Waals surface area contributed by atoms with Crippen molar-refractivity contribution in [2.75, 3.05) is 0 Å². The molecular weight excluding hydrogens is 276 g/mol. The second-order valence-corrected chi connectivity index (χ2v) is 6.49. The van der Waals surface area contributed by atoms with Crippen LogP contribution in [0.2, 0.25) is 0 Å². The summed E-state index contributed by atoms with van der Waals surface area (Å²) < 4.78 is 0. The number of fused-ring (bicyclic) bond motifs is 1. The van der Waals surface area contributed by atoms with E-state index >= 15 is 0 Å². The molecule has 2 fully saturated rings. The molecule has 2 amide bonds. The molecule has 1 saturated carbocycles. The highest BCUT2D eigenvalue weighted by molar-refractivity contribution is 6.06. The van der Waals surface area contributed by atoms with Crippen LogP contribution in [-0.4, -0.2) is 23.0 Å². The van der Waals surface area contributed by atoms with Gasteiger partial charge in [0.05, 0.1) is 18.1 Å². The molecule has 2 bridgehead atoms. The van der Waals surface area contributed by atoms with Gasteiger partial charge < -0.3 is 0 Å². The largest absolute Gasteiger partial charge is 0.272 e. The molecule has 22 heavy (non-hydrogen) atoms. The number of hydrogen-bond acceptors (Lipinski definition) is 3. The molecular formula is C18H18N2O2. The number of rotatable bonds is 2. The number of amides is 2.